The average Bonchev–Trinajstić information content (AvgIpc) is 3.31. The molecule has 8 nitrogen and oxygen atoms in total. The van der Waals surface area contributed by atoms with Crippen molar-refractivity contribution in [2.45, 2.75) is 19.9 Å². The molecule has 0 spiro atoms. The number of H-pyrrole nitrogens is 1. The predicted octanol–water partition coefficient (Wildman–Crippen LogP) is 2.17. The van der Waals surface area contributed by atoms with E-state index >= 15 is 0 Å². The largest absolute Gasteiger partial charge is 0.353 e. The van der Waals surface area contributed by atoms with Crippen molar-refractivity contribution in [3.05, 3.63) is 45.5 Å². The molecule has 0 atom stereocenters. The van der Waals surface area contributed by atoms with Crippen molar-refractivity contribution in [3.8, 4) is 10.7 Å². The number of anilines is 1. The van der Waals surface area contributed by atoms with Gasteiger partial charge in [0.2, 0.25) is 10.1 Å². The van der Waals surface area contributed by atoms with Crippen molar-refractivity contribution < 1.29 is 0 Å². The molecule has 0 amide bonds. The van der Waals surface area contributed by atoms with E-state index < -0.39 is 0 Å². The lowest BCUT2D eigenvalue weighted by Crippen LogP contribution is -2.15. The summed E-state index contributed by atoms with van der Waals surface area (Å²) in [6, 6.07) is 5.45. The maximum absolute atomic E-state index is 12.0. The molecule has 10 heteroatoms. The summed E-state index contributed by atoms with van der Waals surface area (Å²) in [7, 11) is 0. The Balaban J connectivity index is 1.53. The van der Waals surface area contributed by atoms with Gasteiger partial charge in [-0.05, 0) is 17.9 Å². The summed E-state index contributed by atoms with van der Waals surface area (Å²) in [6.45, 7) is 2.40. The second-order valence-electron chi connectivity index (χ2n) is 4.98. The van der Waals surface area contributed by atoms with Gasteiger partial charge in [-0.1, -0.05) is 24.3 Å². The molecule has 0 radical (unpaired) electrons. The summed E-state index contributed by atoms with van der Waals surface area (Å²) in [5.41, 5.74) is 0.604. The van der Waals surface area contributed by atoms with E-state index in [0.29, 0.717) is 28.3 Å². The van der Waals surface area contributed by atoms with Crippen LogP contribution in [0.5, 0.6) is 0 Å². The average molecular weight is 359 g/mol. The van der Waals surface area contributed by atoms with Crippen LogP contribution in [0.4, 0.5) is 5.13 Å². The van der Waals surface area contributed by atoms with Crippen molar-refractivity contribution in [1.82, 2.24) is 29.8 Å². The van der Waals surface area contributed by atoms with Crippen LogP contribution >= 0.6 is 22.7 Å². The van der Waals surface area contributed by atoms with Crippen LogP contribution in [-0.4, -0.2) is 29.8 Å². The molecular weight excluding hydrogens is 346 g/mol. The molecule has 0 saturated heterocycles. The standard InChI is InChI=1S/C14H13N7OS2/c1-2-8-6-11(22)21-14(16-8)24-13(20-21)15-7-10-17-12(19-18-10)9-4-3-5-23-9/h3-6H,2,7H2,1H3,(H,15,20)(H,17,18,19). The van der Waals surface area contributed by atoms with Crippen molar-refractivity contribution in [3.63, 3.8) is 0 Å². The highest BCUT2D eigenvalue weighted by Crippen LogP contribution is 2.21. The van der Waals surface area contributed by atoms with Gasteiger partial charge in [-0.15, -0.1) is 16.4 Å². The normalized spacial score (nSPS) is 11.2. The summed E-state index contributed by atoms with van der Waals surface area (Å²) < 4.78 is 1.31. The van der Waals surface area contributed by atoms with Gasteiger partial charge in [0.05, 0.1) is 11.4 Å². The molecule has 0 aliphatic heterocycles. The third-order valence-corrected chi connectivity index (χ3v) is 5.07. The summed E-state index contributed by atoms with van der Waals surface area (Å²) >= 11 is 2.92. The fourth-order valence-corrected chi connectivity index (χ4v) is 3.64. The van der Waals surface area contributed by atoms with Crippen molar-refractivity contribution in [2.24, 2.45) is 0 Å². The molecule has 0 bridgehead atoms. The first-order chi connectivity index (χ1) is 11.7. The Morgan fingerprint density at radius 3 is 3.08 bits per heavy atom. The maximum atomic E-state index is 12.0. The Morgan fingerprint density at radius 1 is 1.38 bits per heavy atom. The molecule has 0 aliphatic carbocycles. The Bertz CT molecular complexity index is 1030. The van der Waals surface area contributed by atoms with Gasteiger partial charge in [-0.3, -0.25) is 9.89 Å². The lowest BCUT2D eigenvalue weighted by Gasteiger charge is -1.96. The van der Waals surface area contributed by atoms with Gasteiger partial charge in [0.25, 0.3) is 5.56 Å². The third kappa shape index (κ3) is 2.81. The number of hydrogen-bond acceptors (Lipinski definition) is 8. The van der Waals surface area contributed by atoms with E-state index in [9.17, 15) is 4.79 Å². The Labute approximate surface area is 144 Å². The van der Waals surface area contributed by atoms with Gasteiger partial charge in [-0.25, -0.2) is 9.97 Å². The van der Waals surface area contributed by atoms with E-state index in [1.165, 1.54) is 21.9 Å². The fourth-order valence-electron chi connectivity index (χ4n) is 2.16. The molecule has 4 aromatic heterocycles. The highest BCUT2D eigenvalue weighted by Gasteiger charge is 2.10. The molecule has 122 valence electrons. The monoisotopic (exact) mass is 359 g/mol. The topological polar surface area (TPSA) is 101 Å². The SMILES string of the molecule is CCc1cc(=O)n2nc(NCc3nc(-c4cccs4)n[nH]3)sc2n1. The molecule has 2 N–H and O–H groups in total. The molecule has 4 aromatic rings. The number of aromatic nitrogens is 6. The van der Waals surface area contributed by atoms with Gasteiger partial charge in [0, 0.05) is 11.8 Å². The number of nitrogens with one attached hydrogen (secondary N) is 2. The van der Waals surface area contributed by atoms with Crippen LogP contribution < -0.4 is 10.9 Å². The lowest BCUT2D eigenvalue weighted by atomic mass is 10.3. The minimum absolute atomic E-state index is 0.166. The van der Waals surface area contributed by atoms with E-state index in [-0.39, 0.29) is 5.56 Å². The first-order valence-electron chi connectivity index (χ1n) is 7.32. The number of thiophene rings is 1. The zero-order valence-electron chi connectivity index (χ0n) is 12.7. The Hall–Kier alpha value is -2.59. The van der Waals surface area contributed by atoms with Gasteiger partial charge in [0.1, 0.15) is 5.82 Å². The van der Waals surface area contributed by atoms with E-state index in [2.05, 4.69) is 30.6 Å². The number of rotatable bonds is 5. The fraction of sp³-hybridized carbons (Fsp3) is 0.214. The molecule has 0 aliphatic rings. The van der Waals surface area contributed by atoms with E-state index in [0.717, 1.165) is 17.0 Å². The third-order valence-electron chi connectivity index (χ3n) is 3.34. The molecule has 0 saturated carbocycles. The summed E-state index contributed by atoms with van der Waals surface area (Å²) in [4.78, 5) is 22.4. The number of aromatic amines is 1. The van der Waals surface area contributed by atoms with Crippen LogP contribution in [0.25, 0.3) is 15.7 Å². The smallest absolute Gasteiger partial charge is 0.275 e. The number of aryl methyl sites for hydroxylation is 1. The highest BCUT2D eigenvalue weighted by atomic mass is 32.1. The molecule has 0 fully saturated rings. The van der Waals surface area contributed by atoms with Crippen LogP contribution in [0.3, 0.4) is 0 Å². The number of nitrogens with zero attached hydrogens (tertiary/aromatic N) is 5. The quantitative estimate of drug-likeness (QED) is 0.566. The molecule has 0 unspecified atom stereocenters. The molecule has 24 heavy (non-hydrogen) atoms. The first-order valence-corrected chi connectivity index (χ1v) is 9.01. The van der Waals surface area contributed by atoms with Crippen molar-refractivity contribution in [1.29, 1.82) is 0 Å². The predicted molar refractivity (Wildman–Crippen MR) is 93.5 cm³/mol. The molecule has 4 rings (SSSR count). The van der Waals surface area contributed by atoms with Crippen LogP contribution in [0.2, 0.25) is 0 Å². The summed E-state index contributed by atoms with van der Waals surface area (Å²) in [5.74, 6) is 1.38. The molecular formula is C14H13N7OS2. The zero-order chi connectivity index (χ0) is 16.5. The number of fused-ring (bicyclic) bond motifs is 1. The van der Waals surface area contributed by atoms with E-state index in [1.54, 1.807) is 11.3 Å². The summed E-state index contributed by atoms with van der Waals surface area (Å²) in [6.07, 6.45) is 0.718. The number of hydrogen-bond donors (Lipinski definition) is 2. The second-order valence-corrected chi connectivity index (χ2v) is 6.88. The van der Waals surface area contributed by atoms with Gasteiger partial charge < -0.3 is 5.32 Å². The highest BCUT2D eigenvalue weighted by molar-refractivity contribution is 7.20. The van der Waals surface area contributed by atoms with Crippen LogP contribution in [-0.2, 0) is 13.0 Å². The second kappa shape index (κ2) is 6.13. The first kappa shape index (κ1) is 15.0. The molecule has 4 heterocycles. The zero-order valence-corrected chi connectivity index (χ0v) is 14.3. The lowest BCUT2D eigenvalue weighted by molar-refractivity contribution is 0.868. The van der Waals surface area contributed by atoms with Crippen LogP contribution in [0.1, 0.15) is 18.4 Å². The van der Waals surface area contributed by atoms with Crippen molar-refractivity contribution >= 4 is 32.8 Å². The van der Waals surface area contributed by atoms with Gasteiger partial charge >= 0.3 is 0 Å². The minimum atomic E-state index is -0.166. The maximum Gasteiger partial charge on any atom is 0.275 e. The van der Waals surface area contributed by atoms with E-state index in [4.69, 9.17) is 0 Å². The molecule has 0 aromatic carbocycles. The van der Waals surface area contributed by atoms with Crippen LogP contribution in [0, 0.1) is 0 Å². The van der Waals surface area contributed by atoms with Gasteiger partial charge in [0.15, 0.2) is 5.82 Å². The van der Waals surface area contributed by atoms with Gasteiger partial charge in [-0.2, -0.15) is 9.61 Å². The van der Waals surface area contributed by atoms with Crippen LogP contribution in [0.15, 0.2) is 28.4 Å². The minimum Gasteiger partial charge on any atom is -0.353 e. The van der Waals surface area contributed by atoms with E-state index in [1.807, 2.05) is 24.4 Å². The Kier molecular flexibility index (Phi) is 3.82. The summed E-state index contributed by atoms with van der Waals surface area (Å²) in [5, 5.41) is 17.1. The van der Waals surface area contributed by atoms with Crippen molar-refractivity contribution in [2.75, 3.05) is 5.32 Å². The Morgan fingerprint density at radius 2 is 2.29 bits per heavy atom.